The molecule has 0 fully saturated rings. The van der Waals surface area contributed by atoms with E-state index in [1.807, 2.05) is 24.1 Å². The predicted molar refractivity (Wildman–Crippen MR) is 115 cm³/mol. The summed E-state index contributed by atoms with van der Waals surface area (Å²) in [4.78, 5) is 14.3. The molecule has 0 amide bonds. The third-order valence-corrected chi connectivity index (χ3v) is 4.24. The first-order valence-electron chi connectivity index (χ1n) is 8.50. The Balaban J connectivity index is 0.000000487. The van der Waals surface area contributed by atoms with E-state index in [0.717, 1.165) is 5.69 Å². The van der Waals surface area contributed by atoms with Crippen LogP contribution in [0.2, 0.25) is 10.0 Å². The molecule has 26 heavy (non-hydrogen) atoms. The lowest BCUT2D eigenvalue weighted by molar-refractivity contribution is 0.103. The van der Waals surface area contributed by atoms with Crippen LogP contribution in [0.4, 0.5) is 5.69 Å². The topological polar surface area (TPSA) is 20.3 Å². The molecule has 0 aromatic heterocycles. The molecule has 0 heterocycles. The van der Waals surface area contributed by atoms with E-state index in [1.54, 1.807) is 36.5 Å². The summed E-state index contributed by atoms with van der Waals surface area (Å²) in [7, 11) is 1.89. The summed E-state index contributed by atoms with van der Waals surface area (Å²) in [6.45, 7) is 7.92. The summed E-state index contributed by atoms with van der Waals surface area (Å²) in [5.74, 6) is -0.148. The minimum absolute atomic E-state index is 0.148. The smallest absolute Gasteiger partial charge is 0.194 e. The van der Waals surface area contributed by atoms with Crippen molar-refractivity contribution in [2.75, 3.05) is 11.9 Å². The van der Waals surface area contributed by atoms with Crippen LogP contribution in [-0.4, -0.2) is 12.8 Å². The highest BCUT2D eigenvalue weighted by Crippen LogP contribution is 2.24. The Bertz CT molecular complexity index is 751. The van der Waals surface area contributed by atoms with E-state index in [9.17, 15) is 4.79 Å². The zero-order chi connectivity index (χ0) is 19.5. The summed E-state index contributed by atoms with van der Waals surface area (Å²) in [6, 6.07) is 12.1. The van der Waals surface area contributed by atoms with E-state index in [0.29, 0.717) is 21.2 Å². The lowest BCUT2D eigenvalue weighted by atomic mass is 10.0. The minimum Gasteiger partial charge on any atom is -0.352 e. The Hall–Kier alpha value is -2.03. The van der Waals surface area contributed by atoms with Gasteiger partial charge in [0.2, 0.25) is 0 Å². The van der Waals surface area contributed by atoms with Crippen molar-refractivity contribution in [2.45, 2.75) is 26.7 Å². The SMILES string of the molecule is C/C=C/CCC.C=CN(C)c1ccc(C(=O)c2cc(Cl)ccc2Cl)cc1. The molecular formula is C22H25Cl2NO. The number of allylic oxidation sites excluding steroid dienone is 2. The highest BCUT2D eigenvalue weighted by molar-refractivity contribution is 6.36. The van der Waals surface area contributed by atoms with Crippen LogP contribution < -0.4 is 4.90 Å². The minimum atomic E-state index is -0.148. The number of carbonyl (C=O) groups excluding carboxylic acids is 1. The number of nitrogens with zero attached hydrogens (tertiary/aromatic N) is 1. The third kappa shape index (κ3) is 6.70. The zero-order valence-electron chi connectivity index (χ0n) is 15.5. The molecule has 0 bridgehead atoms. The van der Waals surface area contributed by atoms with Crippen LogP contribution in [-0.2, 0) is 0 Å². The monoisotopic (exact) mass is 389 g/mol. The van der Waals surface area contributed by atoms with E-state index in [-0.39, 0.29) is 5.78 Å². The van der Waals surface area contributed by atoms with Crippen LogP contribution in [0.1, 0.15) is 42.6 Å². The van der Waals surface area contributed by atoms with Gasteiger partial charge in [0.1, 0.15) is 0 Å². The van der Waals surface area contributed by atoms with Gasteiger partial charge in [-0.1, -0.05) is 55.3 Å². The molecule has 0 aliphatic carbocycles. The number of carbonyl (C=O) groups is 1. The number of hydrogen-bond donors (Lipinski definition) is 0. The summed E-state index contributed by atoms with van der Waals surface area (Å²) in [6.07, 6.45) is 8.47. The second-order valence-electron chi connectivity index (χ2n) is 5.65. The van der Waals surface area contributed by atoms with Gasteiger partial charge in [0.05, 0.1) is 5.02 Å². The van der Waals surface area contributed by atoms with Gasteiger partial charge in [-0.25, -0.2) is 0 Å². The van der Waals surface area contributed by atoms with E-state index in [1.165, 1.54) is 12.8 Å². The van der Waals surface area contributed by atoms with E-state index >= 15 is 0 Å². The molecule has 0 saturated heterocycles. The van der Waals surface area contributed by atoms with Gasteiger partial charge in [0, 0.05) is 28.9 Å². The number of hydrogen-bond acceptors (Lipinski definition) is 2. The molecule has 0 aliphatic rings. The summed E-state index contributed by atoms with van der Waals surface area (Å²) >= 11 is 11.9. The maximum atomic E-state index is 12.4. The molecule has 2 rings (SSSR count). The van der Waals surface area contributed by atoms with Crippen molar-refractivity contribution in [1.29, 1.82) is 0 Å². The maximum Gasteiger partial charge on any atom is 0.194 e. The molecule has 0 atom stereocenters. The highest BCUT2D eigenvalue weighted by atomic mass is 35.5. The van der Waals surface area contributed by atoms with Crippen LogP contribution >= 0.6 is 23.2 Å². The number of ketones is 1. The lowest BCUT2D eigenvalue weighted by Crippen LogP contribution is -2.08. The van der Waals surface area contributed by atoms with Gasteiger partial charge in [-0.2, -0.15) is 0 Å². The lowest BCUT2D eigenvalue weighted by Gasteiger charge is -2.13. The molecule has 2 nitrogen and oxygen atoms in total. The number of rotatable bonds is 6. The molecule has 0 aliphatic heterocycles. The van der Waals surface area contributed by atoms with Crippen molar-refractivity contribution in [3.8, 4) is 0 Å². The maximum absolute atomic E-state index is 12.4. The van der Waals surface area contributed by atoms with E-state index in [2.05, 4.69) is 32.6 Å². The van der Waals surface area contributed by atoms with E-state index < -0.39 is 0 Å². The predicted octanol–water partition coefficient (Wildman–Crippen LogP) is 7.17. The van der Waals surface area contributed by atoms with Crippen LogP contribution in [0.3, 0.4) is 0 Å². The van der Waals surface area contributed by atoms with Crippen molar-refractivity contribution in [3.05, 3.63) is 88.6 Å². The zero-order valence-corrected chi connectivity index (χ0v) is 17.0. The first-order valence-corrected chi connectivity index (χ1v) is 9.26. The Morgan fingerprint density at radius 3 is 2.31 bits per heavy atom. The molecule has 2 aromatic rings. The summed E-state index contributed by atoms with van der Waals surface area (Å²) in [5, 5.41) is 0.882. The summed E-state index contributed by atoms with van der Waals surface area (Å²) in [5.41, 5.74) is 1.92. The fraction of sp³-hybridized carbons (Fsp3) is 0.227. The Morgan fingerprint density at radius 1 is 1.15 bits per heavy atom. The second-order valence-corrected chi connectivity index (χ2v) is 6.49. The Kier molecular flexibility index (Phi) is 9.79. The largest absolute Gasteiger partial charge is 0.352 e. The average molecular weight is 390 g/mol. The molecule has 0 unspecified atom stereocenters. The Labute approximate surface area is 166 Å². The van der Waals surface area contributed by atoms with Gasteiger partial charge in [-0.05, 0) is 62.0 Å². The number of benzene rings is 2. The normalized spacial score (nSPS) is 10.2. The first kappa shape index (κ1) is 22.0. The molecular weight excluding hydrogens is 365 g/mol. The number of halogens is 2. The average Bonchev–Trinajstić information content (AvgIpc) is 2.67. The quantitative estimate of drug-likeness (QED) is 0.385. The fourth-order valence-corrected chi connectivity index (χ4v) is 2.49. The first-order chi connectivity index (χ1) is 12.4. The van der Waals surface area contributed by atoms with Gasteiger partial charge < -0.3 is 4.90 Å². The van der Waals surface area contributed by atoms with Crippen molar-refractivity contribution in [3.63, 3.8) is 0 Å². The van der Waals surface area contributed by atoms with Gasteiger partial charge in [0.15, 0.2) is 5.78 Å². The second kappa shape index (κ2) is 11.6. The molecule has 2 aromatic carbocycles. The Morgan fingerprint density at radius 2 is 1.81 bits per heavy atom. The highest BCUT2D eigenvalue weighted by Gasteiger charge is 2.13. The number of anilines is 1. The standard InChI is InChI=1S/C16H13Cl2NO.C6H12/c1-3-19(2)13-7-4-11(5-8-13)16(20)14-10-12(17)6-9-15(14)18;1-3-5-6-4-2/h3-10H,1H2,2H3;3,5H,4,6H2,1-2H3/b;5-3+. The van der Waals surface area contributed by atoms with Crippen LogP contribution in [0.5, 0.6) is 0 Å². The molecule has 4 heteroatoms. The van der Waals surface area contributed by atoms with E-state index in [4.69, 9.17) is 23.2 Å². The van der Waals surface area contributed by atoms with Crippen LogP contribution in [0.15, 0.2) is 67.4 Å². The van der Waals surface area contributed by atoms with Crippen LogP contribution in [0, 0.1) is 0 Å². The van der Waals surface area contributed by atoms with Gasteiger partial charge in [-0.3, -0.25) is 4.79 Å². The third-order valence-electron chi connectivity index (χ3n) is 3.67. The molecule has 0 N–H and O–H groups in total. The van der Waals surface area contributed by atoms with Crippen LogP contribution in [0.25, 0.3) is 0 Å². The molecule has 0 radical (unpaired) electrons. The number of unbranched alkanes of at least 4 members (excludes halogenated alkanes) is 1. The molecule has 0 spiro atoms. The van der Waals surface area contributed by atoms with Crippen molar-refractivity contribution >= 4 is 34.7 Å². The fourth-order valence-electron chi connectivity index (χ4n) is 2.11. The molecule has 0 saturated carbocycles. The van der Waals surface area contributed by atoms with Crippen molar-refractivity contribution in [2.24, 2.45) is 0 Å². The summed E-state index contributed by atoms with van der Waals surface area (Å²) < 4.78 is 0. The van der Waals surface area contributed by atoms with Gasteiger partial charge in [0.25, 0.3) is 0 Å². The van der Waals surface area contributed by atoms with Crippen molar-refractivity contribution in [1.82, 2.24) is 0 Å². The van der Waals surface area contributed by atoms with Gasteiger partial charge in [-0.15, -0.1) is 0 Å². The van der Waals surface area contributed by atoms with Gasteiger partial charge >= 0.3 is 0 Å². The van der Waals surface area contributed by atoms with Crippen molar-refractivity contribution < 1.29 is 4.79 Å². The molecule has 138 valence electrons.